The van der Waals surface area contributed by atoms with E-state index in [1.54, 1.807) is 0 Å². The Morgan fingerprint density at radius 3 is 2.72 bits per heavy atom. The minimum Gasteiger partial charge on any atom is -0.338 e. The lowest BCUT2D eigenvalue weighted by molar-refractivity contribution is -0.133. The molecule has 5 nitrogen and oxygen atoms in total. The van der Waals surface area contributed by atoms with E-state index in [0.29, 0.717) is 19.0 Å². The summed E-state index contributed by atoms with van der Waals surface area (Å²) in [7, 11) is 0. The van der Waals surface area contributed by atoms with Crippen molar-refractivity contribution >= 4 is 11.6 Å². The van der Waals surface area contributed by atoms with Crippen molar-refractivity contribution < 1.29 is 13.6 Å². The summed E-state index contributed by atoms with van der Waals surface area (Å²) in [5, 5.41) is 0. The molecule has 2 aromatic rings. The van der Waals surface area contributed by atoms with Crippen LogP contribution in [0.5, 0.6) is 0 Å². The SMILES string of the molecule is Cc1cc(C2=NCC3=C2CN(C(=O)C[C@@H]2CC[C@H]4CC[C@@H]2N4Cc2c(F)cccc2F)CC3)ccn1. The van der Waals surface area contributed by atoms with Gasteiger partial charge >= 0.3 is 0 Å². The van der Waals surface area contributed by atoms with Crippen molar-refractivity contribution in [2.24, 2.45) is 10.9 Å². The number of aromatic nitrogens is 1. The molecule has 1 aromatic heterocycles. The van der Waals surface area contributed by atoms with Crippen molar-refractivity contribution in [3.8, 4) is 0 Å². The fourth-order valence-electron chi connectivity index (χ4n) is 6.75. The standard InChI is InChI=1S/C29H32F2N4O/c1-18-13-20(9-11-32-18)29-23-16-34(12-10-21(23)15-33-29)28(36)14-19-5-6-22-7-8-27(19)35(22)17-24-25(30)3-2-4-26(24)31/h2-4,9,11,13,19,22,27H,5-8,10,12,14-17H2,1H3/t19-,22-,27-/m0/s1. The summed E-state index contributed by atoms with van der Waals surface area (Å²) < 4.78 is 28.7. The predicted octanol–water partition coefficient (Wildman–Crippen LogP) is 4.83. The van der Waals surface area contributed by atoms with E-state index >= 15 is 0 Å². The molecule has 188 valence electrons. The lowest BCUT2D eigenvalue weighted by atomic mass is 9.86. The van der Waals surface area contributed by atoms with Crippen LogP contribution in [0, 0.1) is 24.5 Å². The Kier molecular flexibility index (Phi) is 6.20. The zero-order valence-electron chi connectivity index (χ0n) is 20.7. The monoisotopic (exact) mass is 490 g/mol. The van der Waals surface area contributed by atoms with E-state index < -0.39 is 11.6 Å². The van der Waals surface area contributed by atoms with Gasteiger partial charge in [0.1, 0.15) is 11.6 Å². The summed E-state index contributed by atoms with van der Waals surface area (Å²) in [6, 6.07) is 8.68. The average molecular weight is 491 g/mol. The third-order valence-corrected chi connectivity index (χ3v) is 8.64. The summed E-state index contributed by atoms with van der Waals surface area (Å²) in [6.07, 6.45) is 7.20. The van der Waals surface area contributed by atoms with E-state index in [-0.39, 0.29) is 30.0 Å². The second-order valence-electron chi connectivity index (χ2n) is 10.7. The molecular weight excluding hydrogens is 458 g/mol. The molecule has 1 aromatic carbocycles. The molecule has 3 atom stereocenters. The van der Waals surface area contributed by atoms with Gasteiger partial charge in [-0.2, -0.15) is 0 Å². The van der Waals surface area contributed by atoms with Crippen LogP contribution in [-0.4, -0.2) is 58.1 Å². The van der Waals surface area contributed by atoms with Crippen LogP contribution in [0.2, 0.25) is 0 Å². The number of pyridine rings is 1. The summed E-state index contributed by atoms with van der Waals surface area (Å²) >= 11 is 0. The van der Waals surface area contributed by atoms with E-state index in [1.165, 1.54) is 29.3 Å². The molecule has 36 heavy (non-hydrogen) atoms. The molecule has 0 spiro atoms. The van der Waals surface area contributed by atoms with Gasteiger partial charge in [-0.25, -0.2) is 8.78 Å². The Hall–Kier alpha value is -2.93. The first kappa shape index (κ1) is 23.5. The molecular formula is C29H32F2N4O. The van der Waals surface area contributed by atoms with Gasteiger partial charge in [-0.15, -0.1) is 0 Å². The average Bonchev–Trinajstić information content (AvgIpc) is 3.41. The Bertz CT molecular complexity index is 1240. The molecule has 0 unspecified atom stereocenters. The first-order valence-electron chi connectivity index (χ1n) is 13.1. The van der Waals surface area contributed by atoms with Gasteiger partial charge in [0.25, 0.3) is 0 Å². The first-order valence-corrected chi connectivity index (χ1v) is 13.1. The minimum absolute atomic E-state index is 0.149. The molecule has 1 amide bonds. The lowest BCUT2D eigenvalue weighted by Crippen LogP contribution is -2.47. The molecule has 4 aliphatic rings. The van der Waals surface area contributed by atoms with Gasteiger partial charge in [-0.05, 0) is 80.4 Å². The number of aliphatic imine (C=N–C) groups is 1. The van der Waals surface area contributed by atoms with Crippen molar-refractivity contribution in [2.75, 3.05) is 19.6 Å². The minimum atomic E-state index is -0.483. The summed E-state index contributed by atoms with van der Waals surface area (Å²) in [5.74, 6) is -0.557. The smallest absolute Gasteiger partial charge is 0.223 e. The first-order chi connectivity index (χ1) is 17.5. The number of aryl methyl sites for hydroxylation is 1. The van der Waals surface area contributed by atoms with Crippen LogP contribution in [0.15, 0.2) is 52.7 Å². The van der Waals surface area contributed by atoms with Crippen LogP contribution in [0.25, 0.3) is 0 Å². The van der Waals surface area contributed by atoms with E-state index in [0.717, 1.165) is 62.2 Å². The number of carbonyl (C=O) groups is 1. The van der Waals surface area contributed by atoms with Gasteiger partial charge in [0.05, 0.1) is 12.3 Å². The highest BCUT2D eigenvalue weighted by molar-refractivity contribution is 6.15. The van der Waals surface area contributed by atoms with Gasteiger partial charge in [0, 0.05) is 61.2 Å². The van der Waals surface area contributed by atoms with Crippen molar-refractivity contribution in [1.82, 2.24) is 14.8 Å². The van der Waals surface area contributed by atoms with Crippen LogP contribution < -0.4 is 0 Å². The topological polar surface area (TPSA) is 48.8 Å². The fourth-order valence-corrected chi connectivity index (χ4v) is 6.75. The highest BCUT2D eigenvalue weighted by Gasteiger charge is 2.43. The van der Waals surface area contributed by atoms with E-state index in [9.17, 15) is 13.6 Å². The molecule has 0 saturated carbocycles. The number of piperidine rings is 1. The number of nitrogens with zero attached hydrogens (tertiary/aromatic N) is 4. The summed E-state index contributed by atoms with van der Waals surface area (Å²) in [6.45, 7) is 4.33. The Balaban J connectivity index is 1.14. The molecule has 6 rings (SSSR count). The Morgan fingerprint density at radius 1 is 1.11 bits per heavy atom. The summed E-state index contributed by atoms with van der Waals surface area (Å²) in [5.41, 5.74) is 5.72. The quantitative estimate of drug-likeness (QED) is 0.603. The number of amides is 1. The van der Waals surface area contributed by atoms with Gasteiger partial charge in [0.15, 0.2) is 0 Å². The third-order valence-electron chi connectivity index (χ3n) is 8.64. The predicted molar refractivity (Wildman–Crippen MR) is 135 cm³/mol. The van der Waals surface area contributed by atoms with Gasteiger partial charge < -0.3 is 4.90 Å². The molecule has 5 heterocycles. The van der Waals surface area contributed by atoms with Crippen LogP contribution in [0.4, 0.5) is 8.78 Å². The van der Waals surface area contributed by atoms with Crippen LogP contribution in [-0.2, 0) is 11.3 Å². The van der Waals surface area contributed by atoms with Gasteiger partial charge in [-0.3, -0.25) is 19.7 Å². The Morgan fingerprint density at radius 2 is 1.92 bits per heavy atom. The largest absolute Gasteiger partial charge is 0.338 e. The number of fused-ring (bicyclic) bond motifs is 2. The lowest BCUT2D eigenvalue weighted by Gasteiger charge is -2.41. The van der Waals surface area contributed by atoms with Crippen molar-refractivity contribution in [3.63, 3.8) is 0 Å². The van der Waals surface area contributed by atoms with Crippen LogP contribution in [0.1, 0.15) is 55.3 Å². The van der Waals surface area contributed by atoms with Crippen molar-refractivity contribution in [3.05, 3.63) is 76.1 Å². The van der Waals surface area contributed by atoms with Gasteiger partial charge in [-0.1, -0.05) is 6.07 Å². The molecule has 0 N–H and O–H groups in total. The molecule has 7 heteroatoms. The molecule has 0 aliphatic carbocycles. The maximum atomic E-state index is 14.4. The van der Waals surface area contributed by atoms with E-state index in [4.69, 9.17) is 4.99 Å². The zero-order valence-corrected chi connectivity index (χ0v) is 20.7. The van der Waals surface area contributed by atoms with E-state index in [1.807, 2.05) is 24.1 Å². The van der Waals surface area contributed by atoms with E-state index in [2.05, 4.69) is 16.0 Å². The van der Waals surface area contributed by atoms with Gasteiger partial charge in [0.2, 0.25) is 5.91 Å². The maximum Gasteiger partial charge on any atom is 0.223 e. The highest BCUT2D eigenvalue weighted by Crippen LogP contribution is 2.42. The second kappa shape index (κ2) is 9.51. The fraction of sp³-hybridized carbons (Fsp3) is 0.483. The molecule has 2 bridgehead atoms. The van der Waals surface area contributed by atoms with Crippen molar-refractivity contribution in [1.29, 1.82) is 0 Å². The van der Waals surface area contributed by atoms with Crippen LogP contribution >= 0.6 is 0 Å². The number of rotatable bonds is 5. The van der Waals surface area contributed by atoms with Crippen molar-refractivity contribution in [2.45, 2.75) is 64.1 Å². The number of benzene rings is 1. The second-order valence-corrected chi connectivity index (χ2v) is 10.7. The normalized spacial score (nSPS) is 25.8. The number of carbonyl (C=O) groups excluding carboxylic acids is 1. The third kappa shape index (κ3) is 4.27. The molecule has 0 radical (unpaired) electrons. The molecule has 2 fully saturated rings. The Labute approximate surface area is 210 Å². The highest BCUT2D eigenvalue weighted by atomic mass is 19.1. The number of hydrogen-bond donors (Lipinski definition) is 0. The maximum absolute atomic E-state index is 14.4. The van der Waals surface area contributed by atoms with Crippen LogP contribution in [0.3, 0.4) is 0 Å². The molecule has 2 saturated heterocycles. The number of hydrogen-bond acceptors (Lipinski definition) is 4. The molecule has 4 aliphatic heterocycles. The zero-order chi connectivity index (χ0) is 24.8. The summed E-state index contributed by atoms with van der Waals surface area (Å²) in [4.78, 5) is 26.9. The number of halogens is 2.